The molecule has 2 heteroatoms. The maximum atomic E-state index is 6.25. The van der Waals surface area contributed by atoms with Gasteiger partial charge in [0.15, 0.2) is 0 Å². The Morgan fingerprint density at radius 1 is 1.17 bits per heavy atom. The Morgan fingerprint density at radius 2 is 1.83 bits per heavy atom. The van der Waals surface area contributed by atoms with E-state index in [2.05, 4.69) is 32.6 Å². The molecule has 18 heavy (non-hydrogen) atoms. The molecule has 2 fully saturated rings. The summed E-state index contributed by atoms with van der Waals surface area (Å²) in [6, 6.07) is 0.844. The van der Waals surface area contributed by atoms with E-state index >= 15 is 0 Å². The van der Waals surface area contributed by atoms with Crippen molar-refractivity contribution in [3.05, 3.63) is 0 Å². The van der Waals surface area contributed by atoms with E-state index in [-0.39, 0.29) is 0 Å². The molecule has 2 N–H and O–H groups in total. The van der Waals surface area contributed by atoms with Crippen molar-refractivity contribution in [2.75, 3.05) is 13.1 Å². The van der Waals surface area contributed by atoms with Gasteiger partial charge in [-0.05, 0) is 49.9 Å². The highest BCUT2D eigenvalue weighted by Gasteiger charge is 2.46. The molecule has 3 unspecified atom stereocenters. The molecular weight excluding hydrogens is 220 g/mol. The van der Waals surface area contributed by atoms with Crippen LogP contribution in [0.4, 0.5) is 0 Å². The van der Waals surface area contributed by atoms with Crippen LogP contribution < -0.4 is 5.73 Å². The Kier molecular flexibility index (Phi) is 4.38. The molecule has 2 nitrogen and oxygen atoms in total. The van der Waals surface area contributed by atoms with Crippen molar-refractivity contribution in [2.24, 2.45) is 23.5 Å². The van der Waals surface area contributed by atoms with Crippen molar-refractivity contribution in [3.63, 3.8) is 0 Å². The molecule has 3 atom stereocenters. The van der Waals surface area contributed by atoms with Crippen LogP contribution in [0.1, 0.15) is 59.8 Å². The van der Waals surface area contributed by atoms with E-state index in [1.54, 1.807) is 0 Å². The fourth-order valence-corrected chi connectivity index (χ4v) is 3.76. The zero-order valence-corrected chi connectivity index (χ0v) is 12.8. The Morgan fingerprint density at radius 3 is 2.28 bits per heavy atom. The molecular formula is C16H32N2. The number of hydrogen-bond acceptors (Lipinski definition) is 2. The molecule has 0 radical (unpaired) electrons. The summed E-state index contributed by atoms with van der Waals surface area (Å²) in [6.07, 6.45) is 6.79. The summed E-state index contributed by atoms with van der Waals surface area (Å²) < 4.78 is 0. The zero-order chi connectivity index (χ0) is 13.3. The summed E-state index contributed by atoms with van der Waals surface area (Å²) in [5.41, 5.74) is 6.56. The van der Waals surface area contributed by atoms with Gasteiger partial charge in [-0.2, -0.15) is 0 Å². The first-order valence-corrected chi connectivity index (χ1v) is 7.95. The minimum Gasteiger partial charge on any atom is -0.329 e. The van der Waals surface area contributed by atoms with Crippen molar-refractivity contribution >= 4 is 0 Å². The van der Waals surface area contributed by atoms with Crippen LogP contribution >= 0.6 is 0 Å². The Labute approximate surface area is 113 Å². The fraction of sp³-hybridized carbons (Fsp3) is 1.00. The Hall–Kier alpha value is -0.0800. The lowest BCUT2D eigenvalue weighted by Crippen LogP contribution is -2.58. The number of hydrogen-bond donors (Lipinski definition) is 1. The van der Waals surface area contributed by atoms with Gasteiger partial charge >= 0.3 is 0 Å². The summed E-state index contributed by atoms with van der Waals surface area (Å²) in [5.74, 6) is 2.46. The normalized spacial score (nSPS) is 37.5. The lowest BCUT2D eigenvalue weighted by atomic mass is 9.70. The largest absolute Gasteiger partial charge is 0.329 e. The third-order valence-electron chi connectivity index (χ3n) is 5.28. The molecule has 0 aromatic rings. The van der Waals surface area contributed by atoms with Gasteiger partial charge in [-0.1, -0.05) is 27.7 Å². The first-order valence-electron chi connectivity index (χ1n) is 7.95. The average molecular weight is 252 g/mol. The number of nitrogens with two attached hydrogens (primary N) is 1. The van der Waals surface area contributed by atoms with E-state index in [4.69, 9.17) is 5.73 Å². The second kappa shape index (κ2) is 5.50. The zero-order valence-electron chi connectivity index (χ0n) is 12.8. The second-order valence-corrected chi connectivity index (χ2v) is 7.40. The first kappa shape index (κ1) is 14.3. The molecule has 2 saturated carbocycles. The highest BCUT2D eigenvalue weighted by atomic mass is 15.3. The third kappa shape index (κ3) is 2.91. The van der Waals surface area contributed by atoms with Gasteiger partial charge in [0.1, 0.15) is 0 Å². The standard InChI is InChI=1S/C16H32N2/c1-12(2)10-18(15-5-6-15)16(11-17)8-7-13(3)14(4)9-16/h12-15H,5-11,17H2,1-4H3. The van der Waals surface area contributed by atoms with Crippen LogP contribution in [0.3, 0.4) is 0 Å². The predicted octanol–water partition coefficient (Wildman–Crippen LogP) is 3.26. The van der Waals surface area contributed by atoms with Crippen molar-refractivity contribution in [3.8, 4) is 0 Å². The lowest BCUT2D eigenvalue weighted by Gasteiger charge is -2.50. The molecule has 106 valence electrons. The van der Waals surface area contributed by atoms with Crippen LogP contribution in [0.2, 0.25) is 0 Å². The van der Waals surface area contributed by atoms with E-state index in [1.165, 1.54) is 38.6 Å². The summed E-state index contributed by atoms with van der Waals surface area (Å²) in [5, 5.41) is 0. The SMILES string of the molecule is CC(C)CN(C1CC1)C1(CN)CCC(C)C(C)C1. The maximum Gasteiger partial charge on any atom is 0.0337 e. The van der Waals surface area contributed by atoms with Crippen LogP contribution in [0.15, 0.2) is 0 Å². The van der Waals surface area contributed by atoms with Crippen molar-refractivity contribution in [1.82, 2.24) is 4.90 Å². The van der Waals surface area contributed by atoms with Crippen molar-refractivity contribution in [1.29, 1.82) is 0 Å². The Bertz CT molecular complexity index is 272. The fourth-order valence-electron chi connectivity index (χ4n) is 3.76. The van der Waals surface area contributed by atoms with Crippen molar-refractivity contribution in [2.45, 2.75) is 71.4 Å². The molecule has 0 bridgehead atoms. The van der Waals surface area contributed by atoms with E-state index in [9.17, 15) is 0 Å². The molecule has 0 amide bonds. The van der Waals surface area contributed by atoms with E-state index in [1.807, 2.05) is 0 Å². The van der Waals surface area contributed by atoms with Crippen LogP contribution in [0.25, 0.3) is 0 Å². The lowest BCUT2D eigenvalue weighted by molar-refractivity contribution is 0.00710. The van der Waals surface area contributed by atoms with Gasteiger partial charge < -0.3 is 5.73 Å². The molecule has 2 aliphatic rings. The average Bonchev–Trinajstić information content (AvgIpc) is 3.14. The van der Waals surface area contributed by atoms with Gasteiger partial charge in [0.05, 0.1) is 0 Å². The van der Waals surface area contributed by atoms with Crippen LogP contribution in [0.5, 0.6) is 0 Å². The summed E-state index contributed by atoms with van der Waals surface area (Å²) >= 11 is 0. The van der Waals surface area contributed by atoms with E-state index in [0.717, 1.165) is 30.3 Å². The second-order valence-electron chi connectivity index (χ2n) is 7.40. The van der Waals surface area contributed by atoms with Gasteiger partial charge in [-0.15, -0.1) is 0 Å². The smallest absolute Gasteiger partial charge is 0.0337 e. The third-order valence-corrected chi connectivity index (χ3v) is 5.28. The topological polar surface area (TPSA) is 29.3 Å². The van der Waals surface area contributed by atoms with Crippen LogP contribution in [-0.2, 0) is 0 Å². The molecule has 0 aromatic heterocycles. The quantitative estimate of drug-likeness (QED) is 0.814. The summed E-state index contributed by atoms with van der Waals surface area (Å²) in [6.45, 7) is 11.6. The van der Waals surface area contributed by atoms with Gasteiger partial charge in [-0.3, -0.25) is 4.90 Å². The minimum atomic E-state index is 0.317. The summed E-state index contributed by atoms with van der Waals surface area (Å²) in [7, 11) is 0. The molecule has 0 aromatic carbocycles. The molecule has 0 spiro atoms. The van der Waals surface area contributed by atoms with Crippen LogP contribution in [0, 0.1) is 17.8 Å². The van der Waals surface area contributed by atoms with Gasteiger partial charge in [-0.25, -0.2) is 0 Å². The first-order chi connectivity index (χ1) is 8.48. The Balaban J connectivity index is 2.13. The predicted molar refractivity (Wildman–Crippen MR) is 78.5 cm³/mol. The number of nitrogens with zero attached hydrogens (tertiary/aromatic N) is 1. The maximum absolute atomic E-state index is 6.25. The molecule has 0 aliphatic heterocycles. The highest BCUT2D eigenvalue weighted by molar-refractivity contribution is 5.02. The highest BCUT2D eigenvalue weighted by Crippen LogP contribution is 2.44. The van der Waals surface area contributed by atoms with Crippen LogP contribution in [-0.4, -0.2) is 29.6 Å². The van der Waals surface area contributed by atoms with E-state index < -0.39 is 0 Å². The minimum absolute atomic E-state index is 0.317. The van der Waals surface area contributed by atoms with E-state index in [0.29, 0.717) is 5.54 Å². The van der Waals surface area contributed by atoms with Gasteiger partial charge in [0, 0.05) is 24.7 Å². The molecule has 2 aliphatic carbocycles. The molecule has 0 saturated heterocycles. The number of rotatable bonds is 5. The molecule has 0 heterocycles. The van der Waals surface area contributed by atoms with Crippen molar-refractivity contribution < 1.29 is 0 Å². The van der Waals surface area contributed by atoms with Gasteiger partial charge in [0.2, 0.25) is 0 Å². The molecule has 2 rings (SSSR count). The van der Waals surface area contributed by atoms with Gasteiger partial charge in [0.25, 0.3) is 0 Å². The summed E-state index contributed by atoms with van der Waals surface area (Å²) in [4.78, 5) is 2.81. The monoisotopic (exact) mass is 252 g/mol.